The molecule has 2 rings (SSSR count). The summed E-state index contributed by atoms with van der Waals surface area (Å²) in [5.41, 5.74) is 5.56. The average molecular weight is 316 g/mol. The van der Waals surface area contributed by atoms with Crippen molar-refractivity contribution in [2.45, 2.75) is 56.9 Å². The Morgan fingerprint density at radius 1 is 1.40 bits per heavy atom. The second kappa shape index (κ2) is 7.02. The minimum absolute atomic E-state index is 0.392. The van der Waals surface area contributed by atoms with Crippen LogP contribution in [0.3, 0.4) is 0 Å². The van der Waals surface area contributed by atoms with Crippen molar-refractivity contribution in [3.63, 3.8) is 0 Å². The number of nitrogens with one attached hydrogen (secondary N) is 1. The number of hydrogen-bond donors (Lipinski definition) is 2. The van der Waals surface area contributed by atoms with Crippen LogP contribution in [0.25, 0.3) is 0 Å². The summed E-state index contributed by atoms with van der Waals surface area (Å²) in [5, 5.41) is 0. The van der Waals surface area contributed by atoms with Gasteiger partial charge >= 0.3 is 0 Å². The Labute approximate surface area is 125 Å². The fourth-order valence-electron chi connectivity index (χ4n) is 2.87. The third kappa shape index (κ3) is 4.04. The Balaban J connectivity index is 1.85. The lowest BCUT2D eigenvalue weighted by atomic mass is 10.0. The number of hydrogen-bond acceptors (Lipinski definition) is 4. The highest BCUT2D eigenvalue weighted by Gasteiger charge is 2.20. The van der Waals surface area contributed by atoms with E-state index in [0.717, 1.165) is 28.5 Å². The van der Waals surface area contributed by atoms with E-state index in [-0.39, 0.29) is 0 Å². The molecule has 0 radical (unpaired) electrons. The lowest BCUT2D eigenvalue weighted by Gasteiger charge is -2.09. The minimum atomic E-state index is -3.37. The van der Waals surface area contributed by atoms with Crippen LogP contribution in [0.1, 0.15) is 48.3 Å². The monoisotopic (exact) mass is 316 g/mol. The highest BCUT2D eigenvalue weighted by atomic mass is 32.2. The van der Waals surface area contributed by atoms with Crippen LogP contribution in [0, 0.1) is 12.8 Å². The van der Waals surface area contributed by atoms with Crippen LogP contribution in [0.4, 0.5) is 0 Å². The highest BCUT2D eigenvalue weighted by molar-refractivity contribution is 7.89. The molecule has 1 aliphatic rings. The molecule has 1 aromatic heterocycles. The average Bonchev–Trinajstić information content (AvgIpc) is 3.04. The molecule has 0 unspecified atom stereocenters. The third-order valence-corrected chi connectivity index (χ3v) is 6.76. The molecule has 1 fully saturated rings. The maximum absolute atomic E-state index is 12.2. The van der Waals surface area contributed by atoms with Crippen molar-refractivity contribution in [1.82, 2.24) is 4.72 Å². The first-order valence-corrected chi connectivity index (χ1v) is 9.62. The van der Waals surface area contributed by atoms with Crippen molar-refractivity contribution < 1.29 is 8.42 Å². The summed E-state index contributed by atoms with van der Waals surface area (Å²) in [7, 11) is -3.37. The van der Waals surface area contributed by atoms with Gasteiger partial charge in [-0.15, -0.1) is 11.3 Å². The molecular formula is C14H24N2O2S2. The summed E-state index contributed by atoms with van der Waals surface area (Å²) in [6, 6.07) is 1.69. The minimum Gasteiger partial charge on any atom is -0.326 e. The van der Waals surface area contributed by atoms with Gasteiger partial charge in [0, 0.05) is 22.8 Å². The van der Waals surface area contributed by atoms with E-state index in [1.54, 1.807) is 6.07 Å². The predicted octanol–water partition coefficient (Wildman–Crippen LogP) is 2.76. The second-order valence-electron chi connectivity index (χ2n) is 5.53. The zero-order valence-electron chi connectivity index (χ0n) is 12.0. The van der Waals surface area contributed by atoms with E-state index < -0.39 is 10.0 Å². The van der Waals surface area contributed by atoms with E-state index in [1.165, 1.54) is 37.0 Å². The number of rotatable bonds is 7. The van der Waals surface area contributed by atoms with Gasteiger partial charge in [-0.2, -0.15) is 0 Å². The molecule has 0 aliphatic heterocycles. The number of nitrogens with two attached hydrogens (primary N) is 1. The van der Waals surface area contributed by atoms with Crippen LogP contribution < -0.4 is 10.5 Å². The topological polar surface area (TPSA) is 72.2 Å². The molecular weight excluding hydrogens is 292 g/mol. The van der Waals surface area contributed by atoms with Crippen LogP contribution in [0.15, 0.2) is 11.0 Å². The summed E-state index contributed by atoms with van der Waals surface area (Å²) in [5.74, 6) is 0.811. The molecule has 1 aliphatic carbocycles. The van der Waals surface area contributed by atoms with Gasteiger partial charge in [0.05, 0.1) is 4.90 Å². The van der Waals surface area contributed by atoms with Gasteiger partial charge in [-0.3, -0.25) is 0 Å². The van der Waals surface area contributed by atoms with Crippen LogP contribution in [0.5, 0.6) is 0 Å². The van der Waals surface area contributed by atoms with E-state index in [4.69, 9.17) is 5.73 Å². The smallest absolute Gasteiger partial charge is 0.241 e. The molecule has 3 N–H and O–H groups in total. The summed E-state index contributed by atoms with van der Waals surface area (Å²) in [6.45, 7) is 2.76. The van der Waals surface area contributed by atoms with Crippen LogP contribution in [-0.4, -0.2) is 15.0 Å². The maximum Gasteiger partial charge on any atom is 0.241 e. The van der Waals surface area contributed by atoms with Crippen molar-refractivity contribution in [3.8, 4) is 0 Å². The molecule has 0 atom stereocenters. The van der Waals surface area contributed by atoms with Gasteiger partial charge in [0.1, 0.15) is 0 Å². The van der Waals surface area contributed by atoms with E-state index >= 15 is 0 Å². The maximum atomic E-state index is 12.2. The van der Waals surface area contributed by atoms with Crippen molar-refractivity contribution in [1.29, 1.82) is 0 Å². The van der Waals surface area contributed by atoms with Gasteiger partial charge in [0.25, 0.3) is 0 Å². The fraction of sp³-hybridized carbons (Fsp3) is 0.714. The Morgan fingerprint density at radius 3 is 2.70 bits per heavy atom. The molecule has 1 aromatic rings. The highest BCUT2D eigenvalue weighted by Crippen LogP contribution is 2.28. The van der Waals surface area contributed by atoms with Crippen LogP contribution in [0.2, 0.25) is 0 Å². The molecule has 0 spiro atoms. The molecule has 0 saturated heterocycles. The quantitative estimate of drug-likeness (QED) is 0.760. The van der Waals surface area contributed by atoms with Gasteiger partial charge in [-0.05, 0) is 31.7 Å². The molecule has 0 bridgehead atoms. The standard InChI is InChI=1S/C14H24N2O2S2/c1-11-14(9-13(10-15)19-11)20(17,18)16-8-4-7-12-5-2-3-6-12/h9,12,16H,2-8,10,15H2,1H3. The fourth-order valence-corrected chi connectivity index (χ4v) is 5.45. The Morgan fingerprint density at radius 2 is 2.10 bits per heavy atom. The Bertz CT molecular complexity index is 531. The lowest BCUT2D eigenvalue weighted by molar-refractivity contribution is 0.480. The van der Waals surface area contributed by atoms with Gasteiger partial charge in [-0.1, -0.05) is 25.7 Å². The second-order valence-corrected chi connectivity index (χ2v) is 8.60. The van der Waals surface area contributed by atoms with Crippen LogP contribution in [-0.2, 0) is 16.6 Å². The van der Waals surface area contributed by atoms with Gasteiger partial charge in [0.15, 0.2) is 0 Å². The zero-order valence-corrected chi connectivity index (χ0v) is 13.7. The van der Waals surface area contributed by atoms with Crippen LogP contribution >= 0.6 is 11.3 Å². The summed E-state index contributed by atoms with van der Waals surface area (Å²) < 4.78 is 27.2. The first-order valence-electron chi connectivity index (χ1n) is 7.32. The van der Waals surface area contributed by atoms with Gasteiger partial charge < -0.3 is 5.73 Å². The number of aryl methyl sites for hydroxylation is 1. The van der Waals surface area contributed by atoms with Gasteiger partial charge in [-0.25, -0.2) is 13.1 Å². The Kier molecular flexibility index (Phi) is 5.60. The first kappa shape index (κ1) is 15.9. The first-order chi connectivity index (χ1) is 9.53. The third-order valence-electron chi connectivity index (χ3n) is 3.97. The molecule has 6 heteroatoms. The largest absolute Gasteiger partial charge is 0.326 e. The van der Waals surface area contributed by atoms with E-state index in [2.05, 4.69) is 4.72 Å². The normalized spacial score (nSPS) is 16.9. The van der Waals surface area contributed by atoms with Crippen molar-refractivity contribution in [3.05, 3.63) is 15.8 Å². The van der Waals surface area contributed by atoms with E-state index in [1.807, 2.05) is 6.92 Å². The summed E-state index contributed by atoms with van der Waals surface area (Å²) >= 11 is 1.46. The molecule has 1 heterocycles. The van der Waals surface area contributed by atoms with Crippen molar-refractivity contribution >= 4 is 21.4 Å². The molecule has 114 valence electrons. The molecule has 20 heavy (non-hydrogen) atoms. The molecule has 0 amide bonds. The molecule has 4 nitrogen and oxygen atoms in total. The molecule has 1 saturated carbocycles. The summed E-state index contributed by atoms with van der Waals surface area (Å²) in [4.78, 5) is 2.12. The van der Waals surface area contributed by atoms with Gasteiger partial charge in [0.2, 0.25) is 10.0 Å². The molecule has 0 aromatic carbocycles. The van der Waals surface area contributed by atoms with E-state index in [0.29, 0.717) is 18.0 Å². The number of sulfonamides is 1. The number of thiophene rings is 1. The summed E-state index contributed by atoms with van der Waals surface area (Å²) in [6.07, 6.45) is 7.38. The van der Waals surface area contributed by atoms with Crippen molar-refractivity contribution in [2.75, 3.05) is 6.54 Å². The Hall–Kier alpha value is -0.430. The predicted molar refractivity (Wildman–Crippen MR) is 83.3 cm³/mol. The lowest BCUT2D eigenvalue weighted by Crippen LogP contribution is -2.25. The zero-order chi connectivity index (χ0) is 14.6. The van der Waals surface area contributed by atoms with E-state index in [9.17, 15) is 8.42 Å². The SMILES string of the molecule is Cc1sc(CN)cc1S(=O)(=O)NCCCC1CCCC1. The van der Waals surface area contributed by atoms with Crippen molar-refractivity contribution in [2.24, 2.45) is 11.7 Å².